The van der Waals surface area contributed by atoms with Crippen LogP contribution in [0, 0.1) is 0 Å². The summed E-state index contributed by atoms with van der Waals surface area (Å²) in [6.45, 7) is 10.2. The van der Waals surface area contributed by atoms with E-state index in [2.05, 4.69) is 62.1 Å². The molecule has 0 amide bonds. The molecule has 0 aromatic heterocycles. The molecule has 0 aliphatic rings. The van der Waals surface area contributed by atoms with Gasteiger partial charge < -0.3 is 0 Å². The van der Waals surface area contributed by atoms with Gasteiger partial charge >= 0.3 is 0 Å². The maximum Gasteiger partial charge on any atom is -0.0228 e. The highest BCUT2D eigenvalue weighted by molar-refractivity contribution is 14.1. The van der Waals surface area contributed by atoms with Gasteiger partial charge in [-0.25, -0.2) is 0 Å². The Morgan fingerprint density at radius 3 is 2.31 bits per heavy atom. The first-order valence-corrected chi connectivity index (χ1v) is 5.68. The van der Waals surface area contributed by atoms with E-state index < -0.39 is 0 Å². The van der Waals surface area contributed by atoms with Crippen LogP contribution in [0.2, 0.25) is 0 Å². The van der Waals surface area contributed by atoms with Gasteiger partial charge in [0, 0.05) is 0 Å². The highest BCUT2D eigenvalue weighted by Crippen LogP contribution is 2.20. The minimum absolute atomic E-state index is 1.05. The van der Waals surface area contributed by atoms with Gasteiger partial charge in [0.25, 0.3) is 0 Å². The third-order valence-corrected chi connectivity index (χ3v) is 2.17. The standard InChI is InChI=1S/C12H17I/c1-5-7-11(6-2)12(8-9-13)10(3)4/h5,7-9H,1,6H2,2-4H3/b9-8-,11-7-. The predicted molar refractivity (Wildman–Crippen MR) is 70.1 cm³/mol. The zero-order chi connectivity index (χ0) is 10.3. The normalized spacial score (nSPS) is 11.8. The first kappa shape index (κ1) is 12.7. The summed E-state index contributed by atoms with van der Waals surface area (Å²) in [5, 5.41) is 0. The lowest BCUT2D eigenvalue weighted by Crippen LogP contribution is -1.87. The summed E-state index contributed by atoms with van der Waals surface area (Å²) < 4.78 is 2.05. The van der Waals surface area contributed by atoms with Crippen molar-refractivity contribution >= 4 is 22.6 Å². The smallest absolute Gasteiger partial charge is 0.0228 e. The Kier molecular flexibility index (Phi) is 6.96. The molecular weight excluding hydrogens is 271 g/mol. The second-order valence-corrected chi connectivity index (χ2v) is 3.71. The molecule has 0 nitrogen and oxygen atoms in total. The summed E-state index contributed by atoms with van der Waals surface area (Å²) >= 11 is 2.25. The van der Waals surface area contributed by atoms with Crippen LogP contribution in [0.15, 0.2) is 45.6 Å². The van der Waals surface area contributed by atoms with Crippen LogP contribution in [0.5, 0.6) is 0 Å². The van der Waals surface area contributed by atoms with Gasteiger partial charge in [0.15, 0.2) is 0 Å². The molecule has 0 N–H and O–H groups in total. The molecule has 1 heteroatoms. The topological polar surface area (TPSA) is 0 Å². The molecule has 0 atom stereocenters. The molecule has 72 valence electrons. The van der Waals surface area contributed by atoms with Crippen molar-refractivity contribution in [3.8, 4) is 0 Å². The molecule has 0 fully saturated rings. The Bertz CT molecular complexity index is 250. The maximum atomic E-state index is 3.73. The third-order valence-electron chi connectivity index (χ3n) is 1.81. The van der Waals surface area contributed by atoms with E-state index in [9.17, 15) is 0 Å². The molecule has 0 saturated carbocycles. The van der Waals surface area contributed by atoms with E-state index in [1.807, 2.05) is 10.2 Å². The first-order chi connectivity index (χ1) is 6.17. The summed E-state index contributed by atoms with van der Waals surface area (Å²) in [7, 11) is 0. The number of hydrogen-bond donors (Lipinski definition) is 0. The largest absolute Gasteiger partial charge is 0.0991 e. The average Bonchev–Trinajstić information content (AvgIpc) is 2.10. The van der Waals surface area contributed by atoms with Crippen LogP contribution in [0.4, 0.5) is 0 Å². The molecule has 0 saturated heterocycles. The number of halogens is 1. The quantitative estimate of drug-likeness (QED) is 0.515. The van der Waals surface area contributed by atoms with Gasteiger partial charge in [-0.15, -0.1) is 0 Å². The molecule has 0 heterocycles. The molecule has 0 aromatic rings. The molecule has 0 aliphatic carbocycles. The van der Waals surface area contributed by atoms with Crippen LogP contribution in [-0.2, 0) is 0 Å². The fraction of sp³-hybridized carbons (Fsp3) is 0.333. The second kappa shape index (κ2) is 7.13. The highest BCUT2D eigenvalue weighted by Gasteiger charge is 1.99. The first-order valence-electron chi connectivity index (χ1n) is 4.43. The molecule has 0 bridgehead atoms. The van der Waals surface area contributed by atoms with Crippen LogP contribution < -0.4 is 0 Å². The van der Waals surface area contributed by atoms with Crippen molar-refractivity contribution in [3.05, 3.63) is 45.6 Å². The molecule has 13 heavy (non-hydrogen) atoms. The zero-order valence-corrected chi connectivity index (χ0v) is 10.8. The molecule has 0 rings (SSSR count). The monoisotopic (exact) mass is 288 g/mol. The van der Waals surface area contributed by atoms with Gasteiger partial charge in [-0.05, 0) is 41.6 Å². The minimum atomic E-state index is 1.05. The summed E-state index contributed by atoms with van der Waals surface area (Å²) in [5.74, 6) is 0. The fourth-order valence-corrected chi connectivity index (χ4v) is 1.56. The van der Waals surface area contributed by atoms with Gasteiger partial charge in [-0.2, -0.15) is 0 Å². The number of rotatable bonds is 4. The summed E-state index contributed by atoms with van der Waals surface area (Å²) in [4.78, 5) is 0. The SMILES string of the molecule is C=C/C=C(/CC)C(/C=C\I)=C(C)C. The molecule has 0 aromatic carbocycles. The third kappa shape index (κ3) is 4.46. The van der Waals surface area contributed by atoms with Crippen LogP contribution in [0.25, 0.3) is 0 Å². The van der Waals surface area contributed by atoms with E-state index in [1.54, 1.807) is 0 Å². The van der Waals surface area contributed by atoms with Crippen molar-refractivity contribution in [1.82, 2.24) is 0 Å². The van der Waals surface area contributed by atoms with E-state index in [0.29, 0.717) is 0 Å². The Labute approximate surface area is 95.3 Å². The van der Waals surface area contributed by atoms with E-state index in [-0.39, 0.29) is 0 Å². The minimum Gasteiger partial charge on any atom is -0.0991 e. The maximum absolute atomic E-state index is 3.73. The molecule has 0 unspecified atom stereocenters. The summed E-state index contributed by atoms with van der Waals surface area (Å²) in [6.07, 6.45) is 7.13. The molecule has 0 radical (unpaired) electrons. The van der Waals surface area contributed by atoms with Gasteiger partial charge in [0.1, 0.15) is 0 Å². The van der Waals surface area contributed by atoms with Gasteiger partial charge in [0.05, 0.1) is 0 Å². The van der Waals surface area contributed by atoms with E-state index in [4.69, 9.17) is 0 Å². The molecule has 0 aliphatic heterocycles. The lowest BCUT2D eigenvalue weighted by Gasteiger charge is -2.07. The number of hydrogen-bond acceptors (Lipinski definition) is 0. The number of allylic oxidation sites excluding steroid dienone is 6. The van der Waals surface area contributed by atoms with Crippen molar-refractivity contribution in [1.29, 1.82) is 0 Å². The van der Waals surface area contributed by atoms with Crippen LogP contribution in [0.3, 0.4) is 0 Å². The van der Waals surface area contributed by atoms with Crippen LogP contribution in [0.1, 0.15) is 27.2 Å². The van der Waals surface area contributed by atoms with Crippen molar-refractivity contribution < 1.29 is 0 Å². The van der Waals surface area contributed by atoms with Crippen LogP contribution in [-0.4, -0.2) is 0 Å². The Hall–Kier alpha value is -0.310. The van der Waals surface area contributed by atoms with E-state index in [0.717, 1.165) is 6.42 Å². The average molecular weight is 288 g/mol. The Morgan fingerprint density at radius 2 is 2.00 bits per heavy atom. The van der Waals surface area contributed by atoms with Crippen LogP contribution >= 0.6 is 22.6 Å². The summed E-state index contributed by atoms with van der Waals surface area (Å²) in [6, 6.07) is 0. The van der Waals surface area contributed by atoms with Gasteiger partial charge in [0.2, 0.25) is 0 Å². The molecular formula is C12H17I. The van der Waals surface area contributed by atoms with E-state index in [1.165, 1.54) is 16.7 Å². The molecule has 0 spiro atoms. The predicted octanol–water partition coefficient (Wildman–Crippen LogP) is 4.79. The lowest BCUT2D eigenvalue weighted by molar-refractivity contribution is 1.10. The van der Waals surface area contributed by atoms with E-state index >= 15 is 0 Å². The van der Waals surface area contributed by atoms with Crippen molar-refractivity contribution in [3.63, 3.8) is 0 Å². The zero-order valence-electron chi connectivity index (χ0n) is 8.60. The van der Waals surface area contributed by atoms with Crippen molar-refractivity contribution in [2.45, 2.75) is 27.2 Å². The Morgan fingerprint density at radius 1 is 1.38 bits per heavy atom. The van der Waals surface area contributed by atoms with Crippen molar-refractivity contribution in [2.75, 3.05) is 0 Å². The lowest BCUT2D eigenvalue weighted by atomic mass is 9.99. The van der Waals surface area contributed by atoms with Gasteiger partial charge in [-0.1, -0.05) is 53.8 Å². The Balaban J connectivity index is 5.05. The van der Waals surface area contributed by atoms with Crippen molar-refractivity contribution in [2.24, 2.45) is 0 Å². The fourth-order valence-electron chi connectivity index (χ4n) is 1.20. The summed E-state index contributed by atoms with van der Waals surface area (Å²) in [5.41, 5.74) is 4.03. The highest BCUT2D eigenvalue weighted by atomic mass is 127. The second-order valence-electron chi connectivity index (χ2n) is 2.99. The van der Waals surface area contributed by atoms with Gasteiger partial charge in [-0.3, -0.25) is 0 Å².